The highest BCUT2D eigenvalue weighted by Gasteiger charge is 2.31. The number of nitrogens with zero attached hydrogens (tertiary/aromatic N) is 3. The van der Waals surface area contributed by atoms with Crippen molar-refractivity contribution in [3.63, 3.8) is 0 Å². The van der Waals surface area contributed by atoms with E-state index in [0.717, 1.165) is 39.0 Å². The van der Waals surface area contributed by atoms with Crippen molar-refractivity contribution >= 4 is 17.2 Å². The normalized spacial score (nSPS) is 23.9. The van der Waals surface area contributed by atoms with E-state index in [4.69, 9.17) is 4.74 Å². The second-order valence-corrected chi connectivity index (χ2v) is 7.58. The molecule has 1 amide bonds. The van der Waals surface area contributed by atoms with Gasteiger partial charge in [0.15, 0.2) is 0 Å². The molecule has 0 spiro atoms. The van der Waals surface area contributed by atoms with Crippen LogP contribution >= 0.6 is 11.3 Å². The van der Waals surface area contributed by atoms with E-state index in [-0.39, 0.29) is 18.1 Å². The lowest BCUT2D eigenvalue weighted by Gasteiger charge is -2.37. The first-order valence-corrected chi connectivity index (χ1v) is 9.64. The van der Waals surface area contributed by atoms with E-state index in [1.165, 1.54) is 16.9 Å². The van der Waals surface area contributed by atoms with E-state index in [1.807, 2.05) is 16.9 Å². The molecule has 4 heterocycles. The number of hydrogen-bond acceptors (Lipinski definition) is 4. The molecule has 4 rings (SSSR count). The zero-order valence-corrected chi connectivity index (χ0v) is 14.6. The minimum Gasteiger partial charge on any atom is -0.373 e. The van der Waals surface area contributed by atoms with Gasteiger partial charge in [-0.15, -0.1) is 11.3 Å². The van der Waals surface area contributed by atoms with Crippen LogP contribution in [0.25, 0.3) is 0 Å². The van der Waals surface area contributed by atoms with Gasteiger partial charge in [0.05, 0.1) is 31.7 Å². The van der Waals surface area contributed by atoms with Crippen LogP contribution in [-0.4, -0.2) is 39.8 Å². The summed E-state index contributed by atoms with van der Waals surface area (Å²) in [6.45, 7) is 2.37. The summed E-state index contributed by atoms with van der Waals surface area (Å²) >= 11 is 1.78. The number of piperidine rings is 1. The monoisotopic (exact) mass is 345 g/mol. The first-order chi connectivity index (χ1) is 11.8. The molecule has 0 aromatic carbocycles. The fraction of sp³-hybridized carbons (Fsp3) is 0.556. The molecular formula is C18H23N3O2S. The van der Waals surface area contributed by atoms with Crippen LogP contribution in [0.15, 0.2) is 29.9 Å². The lowest BCUT2D eigenvalue weighted by molar-refractivity contribution is -0.138. The average molecular weight is 345 g/mol. The van der Waals surface area contributed by atoms with Gasteiger partial charge in [-0.1, -0.05) is 0 Å². The summed E-state index contributed by atoms with van der Waals surface area (Å²) in [6, 6.07) is 4.30. The van der Waals surface area contributed by atoms with E-state index in [0.29, 0.717) is 6.42 Å². The van der Waals surface area contributed by atoms with E-state index in [9.17, 15) is 4.79 Å². The molecule has 6 heteroatoms. The minimum atomic E-state index is -0.0696. The van der Waals surface area contributed by atoms with Crippen molar-refractivity contribution in [1.82, 2.24) is 14.7 Å². The summed E-state index contributed by atoms with van der Waals surface area (Å²) in [4.78, 5) is 16.4. The van der Waals surface area contributed by atoms with Gasteiger partial charge in [0.1, 0.15) is 0 Å². The lowest BCUT2D eigenvalue weighted by atomic mass is 9.99. The Hall–Kier alpha value is -1.66. The standard InChI is InChI=1S/C18H23N3O2S/c22-18(12-16-15-6-11-24-17(15)5-10-23-16)21-9-2-1-4-14(21)13-20-8-3-7-19-20/h3,6-8,11,14,16H,1-2,4-5,9-10,12-13H2/t14-,16-/m0/s1. The summed E-state index contributed by atoms with van der Waals surface area (Å²) in [5.74, 6) is 0.218. The van der Waals surface area contributed by atoms with Crippen LogP contribution in [0, 0.1) is 0 Å². The highest BCUT2D eigenvalue weighted by Crippen LogP contribution is 2.34. The molecule has 2 aromatic rings. The highest BCUT2D eigenvalue weighted by atomic mass is 32.1. The molecule has 2 aliphatic heterocycles. The van der Waals surface area contributed by atoms with Gasteiger partial charge in [-0.05, 0) is 42.3 Å². The number of thiophene rings is 1. The molecular weight excluding hydrogens is 322 g/mol. The van der Waals surface area contributed by atoms with Gasteiger partial charge in [0.2, 0.25) is 5.91 Å². The van der Waals surface area contributed by atoms with E-state index in [2.05, 4.69) is 21.4 Å². The quantitative estimate of drug-likeness (QED) is 0.856. The molecule has 1 saturated heterocycles. The summed E-state index contributed by atoms with van der Waals surface area (Å²) in [7, 11) is 0. The predicted molar refractivity (Wildman–Crippen MR) is 92.9 cm³/mol. The number of carbonyl (C=O) groups is 1. The van der Waals surface area contributed by atoms with Crippen molar-refractivity contribution in [3.05, 3.63) is 40.3 Å². The first kappa shape index (κ1) is 15.8. The minimum absolute atomic E-state index is 0.0696. The zero-order valence-electron chi connectivity index (χ0n) is 13.8. The predicted octanol–water partition coefficient (Wildman–Crippen LogP) is 3.03. The van der Waals surface area contributed by atoms with Gasteiger partial charge in [-0.3, -0.25) is 9.48 Å². The molecule has 0 N–H and O–H groups in total. The third-order valence-electron chi connectivity index (χ3n) is 5.04. The fourth-order valence-corrected chi connectivity index (χ4v) is 4.73. The first-order valence-electron chi connectivity index (χ1n) is 8.76. The highest BCUT2D eigenvalue weighted by molar-refractivity contribution is 7.10. The number of amides is 1. The SMILES string of the molecule is O=C(C[C@@H]1OCCc2sccc21)N1CCCC[C@H]1Cn1cccn1. The molecule has 2 aromatic heterocycles. The molecule has 1 fully saturated rings. The summed E-state index contributed by atoms with van der Waals surface area (Å²) in [5.41, 5.74) is 1.22. The zero-order chi connectivity index (χ0) is 16.4. The van der Waals surface area contributed by atoms with Crippen molar-refractivity contribution in [1.29, 1.82) is 0 Å². The fourth-order valence-electron chi connectivity index (χ4n) is 3.81. The van der Waals surface area contributed by atoms with Gasteiger partial charge in [-0.25, -0.2) is 0 Å². The van der Waals surface area contributed by atoms with E-state index in [1.54, 1.807) is 17.5 Å². The average Bonchev–Trinajstić information content (AvgIpc) is 3.27. The summed E-state index contributed by atoms with van der Waals surface area (Å²) in [6.07, 6.45) is 8.46. The number of hydrogen-bond donors (Lipinski definition) is 0. The van der Waals surface area contributed by atoms with Crippen molar-refractivity contribution in [2.45, 2.75) is 50.8 Å². The third-order valence-corrected chi connectivity index (χ3v) is 6.04. The third kappa shape index (κ3) is 3.26. The molecule has 2 aliphatic rings. The Bertz CT molecular complexity index is 682. The van der Waals surface area contributed by atoms with Crippen molar-refractivity contribution in [2.24, 2.45) is 0 Å². The van der Waals surface area contributed by atoms with Crippen molar-refractivity contribution in [3.8, 4) is 0 Å². The number of carbonyl (C=O) groups excluding carboxylic acids is 1. The molecule has 0 saturated carbocycles. The van der Waals surface area contributed by atoms with Gasteiger partial charge in [0, 0.05) is 30.2 Å². The van der Waals surface area contributed by atoms with Gasteiger partial charge >= 0.3 is 0 Å². The van der Waals surface area contributed by atoms with Crippen LogP contribution in [-0.2, 0) is 22.5 Å². The van der Waals surface area contributed by atoms with Crippen LogP contribution in [0.2, 0.25) is 0 Å². The molecule has 0 bridgehead atoms. The molecule has 24 heavy (non-hydrogen) atoms. The summed E-state index contributed by atoms with van der Waals surface area (Å²) < 4.78 is 7.84. The van der Waals surface area contributed by atoms with Crippen LogP contribution < -0.4 is 0 Å². The number of fused-ring (bicyclic) bond motifs is 1. The molecule has 2 atom stereocenters. The number of ether oxygens (including phenoxy) is 1. The maximum atomic E-state index is 13.0. The largest absolute Gasteiger partial charge is 0.373 e. The maximum absolute atomic E-state index is 13.0. The maximum Gasteiger partial charge on any atom is 0.225 e. The Kier molecular flexibility index (Phi) is 4.67. The van der Waals surface area contributed by atoms with Crippen LogP contribution in [0.4, 0.5) is 0 Å². The Morgan fingerprint density at radius 1 is 1.42 bits per heavy atom. The van der Waals surface area contributed by atoms with Gasteiger partial charge < -0.3 is 9.64 Å². The Morgan fingerprint density at radius 2 is 2.38 bits per heavy atom. The molecule has 128 valence electrons. The molecule has 0 unspecified atom stereocenters. The molecule has 5 nitrogen and oxygen atoms in total. The number of rotatable bonds is 4. The Labute approximate surface area is 146 Å². The lowest BCUT2D eigenvalue weighted by Crippen LogP contribution is -2.46. The van der Waals surface area contributed by atoms with Gasteiger partial charge in [-0.2, -0.15) is 5.10 Å². The van der Waals surface area contributed by atoms with Crippen molar-refractivity contribution < 1.29 is 9.53 Å². The Morgan fingerprint density at radius 3 is 3.25 bits per heavy atom. The van der Waals surface area contributed by atoms with Crippen LogP contribution in [0.1, 0.15) is 42.2 Å². The molecule has 0 aliphatic carbocycles. The van der Waals surface area contributed by atoms with Crippen LogP contribution in [0.3, 0.4) is 0 Å². The van der Waals surface area contributed by atoms with E-state index < -0.39 is 0 Å². The number of likely N-dealkylation sites (tertiary alicyclic amines) is 1. The van der Waals surface area contributed by atoms with Gasteiger partial charge in [0.25, 0.3) is 0 Å². The number of aromatic nitrogens is 2. The molecule has 0 radical (unpaired) electrons. The topological polar surface area (TPSA) is 47.4 Å². The van der Waals surface area contributed by atoms with Crippen LogP contribution in [0.5, 0.6) is 0 Å². The smallest absolute Gasteiger partial charge is 0.225 e. The second kappa shape index (κ2) is 7.07. The van der Waals surface area contributed by atoms with E-state index >= 15 is 0 Å². The van der Waals surface area contributed by atoms with Crippen molar-refractivity contribution in [2.75, 3.05) is 13.2 Å². The second-order valence-electron chi connectivity index (χ2n) is 6.58. The summed E-state index contributed by atoms with van der Waals surface area (Å²) in [5, 5.41) is 6.41. The Balaban J connectivity index is 1.44.